The summed E-state index contributed by atoms with van der Waals surface area (Å²) in [5.41, 5.74) is 0.950. The molecule has 2 aromatic rings. The van der Waals surface area contributed by atoms with Crippen LogP contribution in [0.25, 0.3) is 6.08 Å². The van der Waals surface area contributed by atoms with Crippen molar-refractivity contribution in [2.45, 2.75) is 6.54 Å². The predicted molar refractivity (Wildman–Crippen MR) is 95.1 cm³/mol. The molecule has 0 spiro atoms. The largest absolute Gasteiger partial charge is 0.494 e. The summed E-state index contributed by atoms with van der Waals surface area (Å²) in [4.78, 5) is 15.6. The SMILES string of the molecule is C=CCn1c(O)c(C=C2C=NN=C2c2cccs2)c(=O)[nH]c1=S. The third kappa shape index (κ3) is 2.86. The molecule has 1 aliphatic heterocycles. The topological polar surface area (TPSA) is 82.7 Å². The zero-order valence-corrected chi connectivity index (χ0v) is 13.5. The standard InChI is InChI=1S/C15H12N4O2S2/c1-2-5-19-14(21)10(13(20)17-15(19)22)7-9-8-16-18-12(9)11-4-3-6-23-11/h2-4,6-8,21H,1,5H2,(H,17,20,22). The Morgan fingerprint density at radius 2 is 2.35 bits per heavy atom. The van der Waals surface area contributed by atoms with Crippen LogP contribution in [0.2, 0.25) is 0 Å². The smallest absolute Gasteiger partial charge is 0.262 e. The molecule has 0 aromatic carbocycles. The predicted octanol–water partition coefficient (Wildman–Crippen LogP) is 2.73. The summed E-state index contributed by atoms with van der Waals surface area (Å²) in [5, 5.41) is 20.3. The Labute approximate surface area is 140 Å². The van der Waals surface area contributed by atoms with E-state index in [-0.39, 0.29) is 22.8 Å². The highest BCUT2D eigenvalue weighted by molar-refractivity contribution is 7.71. The van der Waals surface area contributed by atoms with Crippen LogP contribution in [0.5, 0.6) is 5.88 Å². The first kappa shape index (κ1) is 15.3. The molecule has 23 heavy (non-hydrogen) atoms. The van der Waals surface area contributed by atoms with Crippen LogP contribution in [0.15, 0.2) is 50.7 Å². The second kappa shape index (κ2) is 6.27. The maximum absolute atomic E-state index is 12.2. The average molecular weight is 344 g/mol. The highest BCUT2D eigenvalue weighted by Gasteiger charge is 2.17. The molecule has 0 fully saturated rings. The number of thiophene rings is 1. The van der Waals surface area contributed by atoms with Gasteiger partial charge in [-0.3, -0.25) is 14.3 Å². The van der Waals surface area contributed by atoms with Crippen LogP contribution in [-0.2, 0) is 6.54 Å². The third-order valence-electron chi connectivity index (χ3n) is 3.20. The van der Waals surface area contributed by atoms with Gasteiger partial charge in [0.05, 0.1) is 11.1 Å². The number of aromatic nitrogens is 2. The van der Waals surface area contributed by atoms with Crippen molar-refractivity contribution in [2.24, 2.45) is 10.2 Å². The molecule has 0 saturated heterocycles. The fourth-order valence-electron chi connectivity index (χ4n) is 2.14. The molecule has 2 aromatic heterocycles. The van der Waals surface area contributed by atoms with Gasteiger partial charge in [0.1, 0.15) is 11.3 Å². The number of nitrogens with one attached hydrogen (secondary N) is 1. The summed E-state index contributed by atoms with van der Waals surface area (Å²) in [6.07, 6.45) is 4.69. The van der Waals surface area contributed by atoms with Gasteiger partial charge < -0.3 is 5.11 Å². The van der Waals surface area contributed by atoms with Gasteiger partial charge in [0, 0.05) is 12.1 Å². The number of allylic oxidation sites excluding steroid dienone is 2. The molecule has 2 N–H and O–H groups in total. The van der Waals surface area contributed by atoms with Gasteiger partial charge in [0.25, 0.3) is 5.56 Å². The van der Waals surface area contributed by atoms with Crippen LogP contribution in [0.4, 0.5) is 0 Å². The van der Waals surface area contributed by atoms with E-state index in [1.54, 1.807) is 18.4 Å². The van der Waals surface area contributed by atoms with Gasteiger partial charge >= 0.3 is 0 Å². The van der Waals surface area contributed by atoms with E-state index in [4.69, 9.17) is 12.2 Å². The quantitative estimate of drug-likeness (QED) is 0.661. The van der Waals surface area contributed by atoms with E-state index in [1.165, 1.54) is 15.9 Å². The van der Waals surface area contributed by atoms with Crippen molar-refractivity contribution in [2.75, 3.05) is 0 Å². The monoisotopic (exact) mass is 344 g/mol. The number of aromatic amines is 1. The van der Waals surface area contributed by atoms with Crippen molar-refractivity contribution in [3.63, 3.8) is 0 Å². The van der Waals surface area contributed by atoms with Gasteiger partial charge in [0.2, 0.25) is 5.88 Å². The highest BCUT2D eigenvalue weighted by atomic mass is 32.1. The first-order chi connectivity index (χ1) is 11.1. The molecule has 1 aliphatic rings. The summed E-state index contributed by atoms with van der Waals surface area (Å²) in [6, 6.07) is 3.83. The third-order valence-corrected chi connectivity index (χ3v) is 4.40. The van der Waals surface area contributed by atoms with Crippen molar-refractivity contribution >= 4 is 41.6 Å². The van der Waals surface area contributed by atoms with E-state index >= 15 is 0 Å². The molecule has 0 bridgehead atoms. The number of rotatable bonds is 4. The van der Waals surface area contributed by atoms with Gasteiger partial charge in [-0.1, -0.05) is 12.1 Å². The van der Waals surface area contributed by atoms with Crippen molar-refractivity contribution in [1.29, 1.82) is 0 Å². The molecule has 0 aliphatic carbocycles. The summed E-state index contributed by atoms with van der Waals surface area (Å²) in [6.45, 7) is 3.90. The second-order valence-corrected chi connectivity index (χ2v) is 6.00. The van der Waals surface area contributed by atoms with Crippen molar-refractivity contribution in [3.8, 4) is 5.88 Å². The van der Waals surface area contributed by atoms with Gasteiger partial charge in [0.15, 0.2) is 4.77 Å². The van der Waals surface area contributed by atoms with Gasteiger partial charge in [-0.05, 0) is 29.7 Å². The van der Waals surface area contributed by atoms with E-state index in [0.717, 1.165) is 4.88 Å². The van der Waals surface area contributed by atoms with Crippen molar-refractivity contribution in [3.05, 3.63) is 61.3 Å². The van der Waals surface area contributed by atoms with Crippen molar-refractivity contribution < 1.29 is 5.11 Å². The molecule has 6 nitrogen and oxygen atoms in total. The molecule has 0 saturated carbocycles. The second-order valence-electron chi connectivity index (χ2n) is 4.67. The van der Waals surface area contributed by atoms with Crippen LogP contribution in [0.3, 0.4) is 0 Å². The molecule has 3 heterocycles. The Balaban J connectivity index is 2.13. The zero-order chi connectivity index (χ0) is 16.4. The molecule has 0 atom stereocenters. The maximum atomic E-state index is 12.2. The maximum Gasteiger partial charge on any atom is 0.262 e. The summed E-state index contributed by atoms with van der Waals surface area (Å²) >= 11 is 6.57. The summed E-state index contributed by atoms with van der Waals surface area (Å²) in [5.74, 6) is -0.211. The lowest BCUT2D eigenvalue weighted by molar-refractivity contribution is 0.412. The Morgan fingerprint density at radius 3 is 3.04 bits per heavy atom. The van der Waals surface area contributed by atoms with Crippen LogP contribution < -0.4 is 5.56 Å². The van der Waals surface area contributed by atoms with E-state index in [0.29, 0.717) is 11.3 Å². The van der Waals surface area contributed by atoms with Crippen molar-refractivity contribution in [1.82, 2.24) is 9.55 Å². The van der Waals surface area contributed by atoms with Gasteiger partial charge in [-0.2, -0.15) is 5.10 Å². The van der Waals surface area contributed by atoms with E-state index in [2.05, 4.69) is 21.8 Å². The fraction of sp³-hybridized carbons (Fsp3) is 0.0667. The molecule has 0 amide bonds. The lowest BCUT2D eigenvalue weighted by Gasteiger charge is -2.09. The molecular weight excluding hydrogens is 332 g/mol. The lowest BCUT2D eigenvalue weighted by atomic mass is 10.1. The molecule has 0 radical (unpaired) electrons. The van der Waals surface area contributed by atoms with Crippen LogP contribution >= 0.6 is 23.6 Å². The fourth-order valence-corrected chi connectivity index (χ4v) is 3.12. The number of aromatic hydroxyl groups is 1. The minimum Gasteiger partial charge on any atom is -0.494 e. The first-order valence-corrected chi connectivity index (χ1v) is 7.94. The van der Waals surface area contributed by atoms with E-state index in [1.807, 2.05) is 17.5 Å². The minimum absolute atomic E-state index is 0.105. The molecule has 0 unspecified atom stereocenters. The van der Waals surface area contributed by atoms with Crippen LogP contribution in [0.1, 0.15) is 10.4 Å². The lowest BCUT2D eigenvalue weighted by Crippen LogP contribution is -2.17. The summed E-state index contributed by atoms with van der Waals surface area (Å²) in [7, 11) is 0. The Bertz CT molecular complexity index is 962. The zero-order valence-electron chi connectivity index (χ0n) is 11.9. The minimum atomic E-state index is -0.467. The number of hydrogen-bond acceptors (Lipinski definition) is 6. The Kier molecular flexibility index (Phi) is 4.18. The molecular formula is C15H12N4O2S2. The van der Waals surface area contributed by atoms with Gasteiger partial charge in [-0.25, -0.2) is 0 Å². The van der Waals surface area contributed by atoms with Crippen LogP contribution in [-0.4, -0.2) is 26.6 Å². The normalized spacial score (nSPS) is 15.1. The molecule has 116 valence electrons. The number of H-pyrrole nitrogens is 1. The number of nitrogens with zero attached hydrogens (tertiary/aromatic N) is 3. The molecule has 8 heteroatoms. The van der Waals surface area contributed by atoms with E-state index < -0.39 is 5.56 Å². The first-order valence-electron chi connectivity index (χ1n) is 6.65. The van der Waals surface area contributed by atoms with E-state index in [9.17, 15) is 9.90 Å². The Hall–Kier alpha value is -2.58. The summed E-state index contributed by atoms with van der Waals surface area (Å²) < 4.78 is 1.53. The van der Waals surface area contributed by atoms with Crippen LogP contribution in [0, 0.1) is 4.77 Å². The average Bonchev–Trinajstić information content (AvgIpc) is 3.18. The molecule has 3 rings (SSSR count). The Morgan fingerprint density at radius 1 is 1.52 bits per heavy atom. The number of hydrogen-bond donors (Lipinski definition) is 2. The highest BCUT2D eigenvalue weighted by Crippen LogP contribution is 2.22. The van der Waals surface area contributed by atoms with Gasteiger partial charge in [-0.15, -0.1) is 23.0 Å².